The van der Waals surface area contributed by atoms with Gasteiger partial charge in [-0.05, 0) is 202 Å². The molecule has 0 bridgehead atoms. The number of methoxy groups -OCH3 is 3. The van der Waals surface area contributed by atoms with Crippen molar-refractivity contribution >= 4 is 46.7 Å². The molecule has 6 aromatic rings. The molecule has 0 radical (unpaired) electrons. The lowest BCUT2D eigenvalue weighted by Gasteiger charge is -2.43. The van der Waals surface area contributed by atoms with Crippen LogP contribution in [0.2, 0.25) is 0 Å². The second kappa shape index (κ2) is 42.6. The molecule has 6 aliphatic rings. The fourth-order valence-electron chi connectivity index (χ4n) is 14.0. The number of ether oxygens (including phenoxy) is 8. The zero-order valence-corrected chi connectivity index (χ0v) is 69.5. The van der Waals surface area contributed by atoms with E-state index >= 15 is 0 Å². The number of nitrogens with zero attached hydrogens (tertiary/aromatic N) is 5. The van der Waals surface area contributed by atoms with E-state index in [9.17, 15) is 29.1 Å². The standard InChI is InChI=1S/C30H38N2O5.C25H30N2O3.C25H27NO5.C6H16N2.C5H13NO/c1-6-31(19-20-35-5)27(33)23-13-11-22(12-14-23)25-21-30(36-26-10-8-7-9-24(25)26)15-17-32(18-16-30)28(34)37-29(2,3)4;1-3-27(16-17-29-2)24(28)20-10-8-19(9-11-20)22-18-25(12-14-26-15-13-25)30-23-7-5-4-6-21(22)23;1-24(2,3)31-23(29)26-14-12-25(13-15-26)16-20(19-6-4-5-7-21(19)30-25)17-8-10-18(11-9-17)22(27)28;1-4-7-5-6-8(2)3;1-3-6-4-5-7-2/h7-14,21H,6,15-20H2,1-5H3;4-11,18,26H,3,12-17H2,1-2H3;4-11,16H,12-15H2,1-3H3,(H,27,28);7H,4-6H2,1-3H3;6H,3-5H2,1-2H3. The molecule has 6 aliphatic heterocycles. The SMILES string of the molecule is CC(C)(C)OC(=O)N1CCC2(C=C(c3ccc(C(=O)O)cc3)c3ccccc3O2)CC1.CCN(CCOC)C(=O)c1ccc(C2=CC3(CCN(C(=O)OC(C)(C)C)CC3)Oc3ccccc32)cc1.CCN(CCOC)C(=O)c1ccc(C2=CC3(CCNCC3)Oc3ccccc32)cc1.CCNCCN(C)C.CCNCCOC. The summed E-state index contributed by atoms with van der Waals surface area (Å²) >= 11 is 0. The van der Waals surface area contributed by atoms with Gasteiger partial charge in [0.2, 0.25) is 0 Å². The number of nitrogens with one attached hydrogen (secondary N) is 3. The summed E-state index contributed by atoms with van der Waals surface area (Å²) in [5, 5.41) is 19.0. The third kappa shape index (κ3) is 25.8. The van der Waals surface area contributed by atoms with Crippen molar-refractivity contribution in [2.75, 3.05) is 153 Å². The van der Waals surface area contributed by atoms with Gasteiger partial charge in [-0.25, -0.2) is 14.4 Å². The minimum atomic E-state index is -0.945. The average Bonchev–Trinajstić information content (AvgIpc) is 0.767. The van der Waals surface area contributed by atoms with Gasteiger partial charge in [0.05, 0.1) is 25.4 Å². The average molecular weight is 1550 g/mol. The number of hydrogen-bond donors (Lipinski definition) is 4. The first-order valence-electron chi connectivity index (χ1n) is 40.0. The number of benzene rings is 6. The third-order valence-electron chi connectivity index (χ3n) is 20.2. The third-order valence-corrected chi connectivity index (χ3v) is 20.2. The largest absolute Gasteiger partial charge is 0.482 e. The van der Waals surface area contributed by atoms with Crippen LogP contribution in [0.5, 0.6) is 17.2 Å². The Morgan fingerprint density at radius 2 is 0.779 bits per heavy atom. The van der Waals surface area contributed by atoms with Crippen LogP contribution >= 0.6 is 0 Å². The number of rotatable bonds is 22. The van der Waals surface area contributed by atoms with Crippen molar-refractivity contribution in [1.82, 2.24) is 40.4 Å². The van der Waals surface area contributed by atoms with Crippen molar-refractivity contribution < 1.29 is 67.0 Å². The lowest BCUT2D eigenvalue weighted by Crippen LogP contribution is -2.50. The van der Waals surface area contributed by atoms with Crippen LogP contribution in [0.15, 0.2) is 164 Å². The van der Waals surface area contributed by atoms with E-state index in [1.54, 1.807) is 48.2 Å². The van der Waals surface area contributed by atoms with E-state index in [4.69, 9.17) is 37.9 Å². The molecule has 0 atom stereocenters. The molecular weight excluding hydrogens is 1430 g/mol. The van der Waals surface area contributed by atoms with E-state index in [1.807, 2.05) is 163 Å². The van der Waals surface area contributed by atoms with Crippen LogP contribution in [0.3, 0.4) is 0 Å². The summed E-state index contributed by atoms with van der Waals surface area (Å²) < 4.78 is 45.6. The first kappa shape index (κ1) is 89.2. The van der Waals surface area contributed by atoms with Crippen molar-refractivity contribution in [3.8, 4) is 17.2 Å². The first-order valence-corrected chi connectivity index (χ1v) is 40.0. The van der Waals surface area contributed by atoms with Gasteiger partial charge in [0.15, 0.2) is 0 Å². The smallest absolute Gasteiger partial charge is 0.410 e. The summed E-state index contributed by atoms with van der Waals surface area (Å²) in [6, 6.07) is 46.8. The number of piperidine rings is 3. The number of amides is 4. The highest BCUT2D eigenvalue weighted by Gasteiger charge is 2.43. The second-order valence-corrected chi connectivity index (χ2v) is 31.1. The molecule has 113 heavy (non-hydrogen) atoms. The molecule has 22 nitrogen and oxygen atoms in total. The van der Waals surface area contributed by atoms with Crippen molar-refractivity contribution in [3.05, 3.63) is 214 Å². The van der Waals surface area contributed by atoms with Gasteiger partial charge < -0.3 is 83.5 Å². The summed E-state index contributed by atoms with van der Waals surface area (Å²) in [6.45, 7) is 33.1. The summed E-state index contributed by atoms with van der Waals surface area (Å²) in [5.41, 5.74) is 8.75. The highest BCUT2D eigenvalue weighted by Crippen LogP contribution is 2.47. The molecule has 0 aromatic heterocycles. The Labute approximate surface area is 671 Å². The molecule has 0 aliphatic carbocycles. The molecule has 12 rings (SSSR count). The first-order chi connectivity index (χ1) is 54.1. The number of aromatic carboxylic acids is 1. The lowest BCUT2D eigenvalue weighted by atomic mass is 9.83. The van der Waals surface area contributed by atoms with Crippen LogP contribution in [-0.2, 0) is 23.7 Å². The van der Waals surface area contributed by atoms with E-state index in [0.29, 0.717) is 102 Å². The van der Waals surface area contributed by atoms with Gasteiger partial charge in [0.25, 0.3) is 11.8 Å². The predicted molar refractivity (Wildman–Crippen MR) is 448 cm³/mol. The van der Waals surface area contributed by atoms with Crippen LogP contribution in [0.25, 0.3) is 16.7 Å². The summed E-state index contributed by atoms with van der Waals surface area (Å²) in [7, 11) is 9.16. The normalized spacial score (nSPS) is 16.0. The maximum absolute atomic E-state index is 13.0. The number of para-hydroxylation sites is 3. The highest BCUT2D eigenvalue weighted by atomic mass is 16.6. The van der Waals surface area contributed by atoms with Crippen molar-refractivity contribution in [2.24, 2.45) is 0 Å². The predicted octanol–water partition coefficient (Wildman–Crippen LogP) is 14.5. The number of likely N-dealkylation sites (tertiary alicyclic amines) is 2. The van der Waals surface area contributed by atoms with Gasteiger partial charge in [0, 0.05) is 160 Å². The maximum Gasteiger partial charge on any atom is 0.410 e. The molecule has 6 heterocycles. The molecule has 6 aromatic carbocycles. The zero-order valence-electron chi connectivity index (χ0n) is 69.5. The monoisotopic (exact) mass is 1550 g/mol. The number of fused-ring (bicyclic) bond motifs is 3. The molecule has 4 amide bonds. The van der Waals surface area contributed by atoms with Crippen molar-refractivity contribution in [2.45, 2.75) is 136 Å². The van der Waals surface area contributed by atoms with E-state index in [2.05, 4.69) is 97.4 Å². The van der Waals surface area contributed by atoms with Crippen LogP contribution in [0, 0.1) is 0 Å². The quantitative estimate of drug-likeness (QED) is 0.0463. The van der Waals surface area contributed by atoms with Gasteiger partial charge in [-0.2, -0.15) is 0 Å². The number of carboxylic acid groups (broad SMARTS) is 1. The van der Waals surface area contributed by atoms with Crippen LogP contribution in [-0.4, -0.2) is 241 Å². The second-order valence-electron chi connectivity index (χ2n) is 31.1. The maximum atomic E-state index is 13.0. The fraction of sp³-hybridized carbons (Fsp3) is 0.484. The van der Waals surface area contributed by atoms with Gasteiger partial charge in [-0.3, -0.25) is 9.59 Å². The van der Waals surface area contributed by atoms with Crippen LogP contribution in [0.4, 0.5) is 9.59 Å². The number of carbonyl (C=O) groups excluding carboxylic acids is 4. The molecule has 22 heteroatoms. The van der Waals surface area contributed by atoms with Gasteiger partial charge in [-0.1, -0.05) is 105 Å². The lowest BCUT2D eigenvalue weighted by molar-refractivity contribution is -0.00233. The van der Waals surface area contributed by atoms with E-state index in [1.165, 1.54) is 5.57 Å². The van der Waals surface area contributed by atoms with E-state index < -0.39 is 28.4 Å². The summed E-state index contributed by atoms with van der Waals surface area (Å²) in [6.07, 6.45) is 10.6. The molecular formula is C91H124N8O14. The zero-order chi connectivity index (χ0) is 81.8. The van der Waals surface area contributed by atoms with Crippen LogP contribution in [0.1, 0.15) is 172 Å². The number of carbonyl (C=O) groups is 5. The fourth-order valence-corrected chi connectivity index (χ4v) is 14.0. The van der Waals surface area contributed by atoms with Gasteiger partial charge in [0.1, 0.15) is 45.3 Å². The van der Waals surface area contributed by atoms with Crippen molar-refractivity contribution in [3.63, 3.8) is 0 Å². The molecule has 3 fully saturated rings. The number of likely N-dealkylation sites (N-methyl/N-ethyl adjacent to an activating group) is 5. The Bertz CT molecular complexity index is 4120. The molecule has 3 spiro atoms. The molecule has 0 unspecified atom stereocenters. The van der Waals surface area contributed by atoms with E-state index in [0.717, 1.165) is 127 Å². The Morgan fingerprint density at radius 3 is 1.09 bits per heavy atom. The van der Waals surface area contributed by atoms with E-state index in [-0.39, 0.29) is 35.2 Å². The molecule has 4 N–H and O–H groups in total. The summed E-state index contributed by atoms with van der Waals surface area (Å²) in [4.78, 5) is 71.3. The Kier molecular flexibility index (Phi) is 33.7. The molecule has 0 saturated carbocycles. The number of hydrogen-bond acceptors (Lipinski definition) is 17. The topological polar surface area (TPSA) is 232 Å². The number of carboxylic acids is 1. The Balaban J connectivity index is 0.000000195. The van der Waals surface area contributed by atoms with Gasteiger partial charge in [-0.15, -0.1) is 0 Å². The molecule has 612 valence electrons. The minimum Gasteiger partial charge on any atom is -0.482 e. The Morgan fingerprint density at radius 1 is 0.451 bits per heavy atom. The van der Waals surface area contributed by atoms with Crippen molar-refractivity contribution in [1.29, 1.82) is 0 Å². The van der Waals surface area contributed by atoms with Gasteiger partial charge >= 0.3 is 18.2 Å². The minimum absolute atomic E-state index is 0.00144. The van der Waals surface area contributed by atoms with Crippen LogP contribution < -0.4 is 30.2 Å². The summed E-state index contributed by atoms with van der Waals surface area (Å²) in [5.74, 6) is 1.67. The highest BCUT2D eigenvalue weighted by molar-refractivity contribution is 5.96. The molecule has 3 saturated heterocycles. The Hall–Kier alpha value is -9.39.